The predicted octanol–water partition coefficient (Wildman–Crippen LogP) is 1.75. The molecule has 2 aromatic rings. The Bertz CT molecular complexity index is 821. The number of hydrogen-bond acceptors (Lipinski definition) is 4. The number of hydrogen-bond donors (Lipinski definition) is 2. The van der Waals surface area contributed by atoms with Gasteiger partial charge in [0, 0.05) is 12.2 Å². The van der Waals surface area contributed by atoms with Crippen molar-refractivity contribution in [2.45, 2.75) is 11.3 Å². The Labute approximate surface area is 122 Å². The van der Waals surface area contributed by atoms with Gasteiger partial charge in [-0.25, -0.2) is 17.9 Å². The van der Waals surface area contributed by atoms with Crippen LogP contribution in [0.3, 0.4) is 0 Å². The molecule has 7 heteroatoms. The van der Waals surface area contributed by atoms with E-state index in [1.165, 1.54) is 30.3 Å². The van der Waals surface area contributed by atoms with Crippen LogP contribution in [0.2, 0.25) is 0 Å². The molecule has 0 aromatic heterocycles. The maximum atomic E-state index is 13.4. The number of nitrogens with zero attached hydrogens (tertiary/aromatic N) is 1. The van der Waals surface area contributed by atoms with Gasteiger partial charge in [0.1, 0.15) is 5.82 Å². The van der Waals surface area contributed by atoms with Crippen molar-refractivity contribution in [3.05, 3.63) is 47.8 Å². The normalized spacial score (nSPS) is 14.3. The highest BCUT2D eigenvalue weighted by molar-refractivity contribution is 7.89. The zero-order valence-electron chi connectivity index (χ0n) is 11.1. The van der Waals surface area contributed by atoms with Gasteiger partial charge in [0.05, 0.1) is 16.3 Å². The van der Waals surface area contributed by atoms with Crippen LogP contribution in [-0.4, -0.2) is 15.0 Å². The van der Waals surface area contributed by atoms with Crippen LogP contribution in [0.15, 0.2) is 41.3 Å². The molecule has 5 nitrogen and oxygen atoms in total. The number of anilines is 3. The Hall–Kier alpha value is -2.12. The van der Waals surface area contributed by atoms with E-state index >= 15 is 0 Å². The van der Waals surface area contributed by atoms with E-state index in [4.69, 9.17) is 10.9 Å². The van der Waals surface area contributed by atoms with Crippen molar-refractivity contribution >= 4 is 27.1 Å². The van der Waals surface area contributed by atoms with E-state index in [0.717, 1.165) is 12.0 Å². The van der Waals surface area contributed by atoms with E-state index in [9.17, 15) is 12.8 Å². The van der Waals surface area contributed by atoms with Gasteiger partial charge in [0.25, 0.3) is 0 Å². The minimum atomic E-state index is -3.81. The van der Waals surface area contributed by atoms with E-state index in [1.807, 2.05) is 4.90 Å². The first-order valence-corrected chi connectivity index (χ1v) is 7.89. The summed E-state index contributed by atoms with van der Waals surface area (Å²) in [6.45, 7) is 0.608. The molecule has 2 aromatic carbocycles. The van der Waals surface area contributed by atoms with Crippen molar-refractivity contribution in [3.8, 4) is 0 Å². The zero-order valence-corrected chi connectivity index (χ0v) is 11.9. The SMILES string of the molecule is Nc1ccc(S(N)(=O)=O)cc1N1CCc2ccc(F)cc21. The average molecular weight is 307 g/mol. The highest BCUT2D eigenvalue weighted by atomic mass is 32.2. The molecule has 0 amide bonds. The van der Waals surface area contributed by atoms with E-state index in [2.05, 4.69) is 0 Å². The maximum Gasteiger partial charge on any atom is 0.238 e. The maximum absolute atomic E-state index is 13.4. The molecule has 1 heterocycles. The third-order valence-electron chi connectivity index (χ3n) is 3.56. The number of rotatable bonds is 2. The number of primary sulfonamides is 1. The number of nitrogens with two attached hydrogens (primary N) is 2. The third kappa shape index (κ3) is 2.45. The van der Waals surface area contributed by atoms with Crippen LogP contribution in [-0.2, 0) is 16.4 Å². The minimum absolute atomic E-state index is 0.0171. The van der Waals surface area contributed by atoms with Crippen molar-refractivity contribution in [1.29, 1.82) is 0 Å². The van der Waals surface area contributed by atoms with Crippen LogP contribution in [0.5, 0.6) is 0 Å². The summed E-state index contributed by atoms with van der Waals surface area (Å²) in [5, 5.41) is 5.15. The van der Waals surface area contributed by atoms with Gasteiger partial charge in [-0.15, -0.1) is 0 Å². The van der Waals surface area contributed by atoms with Crippen LogP contribution in [0.1, 0.15) is 5.56 Å². The monoisotopic (exact) mass is 307 g/mol. The van der Waals surface area contributed by atoms with E-state index in [1.54, 1.807) is 6.07 Å². The fourth-order valence-corrected chi connectivity index (χ4v) is 3.07. The average Bonchev–Trinajstić information content (AvgIpc) is 2.80. The topological polar surface area (TPSA) is 89.4 Å². The molecule has 3 rings (SSSR count). The van der Waals surface area contributed by atoms with Crippen molar-refractivity contribution in [3.63, 3.8) is 0 Å². The molecule has 21 heavy (non-hydrogen) atoms. The minimum Gasteiger partial charge on any atom is -0.397 e. The number of fused-ring (bicyclic) bond motifs is 1. The molecular weight excluding hydrogens is 293 g/mol. The van der Waals surface area contributed by atoms with E-state index in [-0.39, 0.29) is 10.7 Å². The molecule has 1 aliphatic rings. The first-order valence-electron chi connectivity index (χ1n) is 6.34. The van der Waals surface area contributed by atoms with Crippen LogP contribution < -0.4 is 15.8 Å². The lowest BCUT2D eigenvalue weighted by Crippen LogP contribution is -2.17. The summed E-state index contributed by atoms with van der Waals surface area (Å²) in [7, 11) is -3.81. The highest BCUT2D eigenvalue weighted by Crippen LogP contribution is 2.38. The summed E-state index contributed by atoms with van der Waals surface area (Å²) in [5.74, 6) is -0.346. The quantitative estimate of drug-likeness (QED) is 0.827. The predicted molar refractivity (Wildman–Crippen MR) is 79.3 cm³/mol. The molecule has 0 atom stereocenters. The molecule has 0 unspecified atom stereocenters. The Morgan fingerprint density at radius 1 is 1.10 bits per heavy atom. The fourth-order valence-electron chi connectivity index (χ4n) is 2.54. The van der Waals surface area contributed by atoms with Crippen molar-refractivity contribution in [2.75, 3.05) is 17.2 Å². The van der Waals surface area contributed by atoms with Gasteiger partial charge >= 0.3 is 0 Å². The molecule has 0 aliphatic carbocycles. The van der Waals surface area contributed by atoms with Crippen molar-refractivity contribution in [1.82, 2.24) is 0 Å². The molecule has 0 fully saturated rings. The lowest BCUT2D eigenvalue weighted by atomic mass is 10.1. The molecule has 0 bridgehead atoms. The zero-order chi connectivity index (χ0) is 15.2. The van der Waals surface area contributed by atoms with Gasteiger partial charge in [-0.05, 0) is 42.3 Å². The van der Waals surface area contributed by atoms with Gasteiger partial charge in [-0.1, -0.05) is 6.07 Å². The second kappa shape index (κ2) is 4.71. The van der Waals surface area contributed by atoms with E-state index < -0.39 is 10.0 Å². The number of nitrogen functional groups attached to an aromatic ring is 1. The largest absolute Gasteiger partial charge is 0.397 e. The first-order chi connectivity index (χ1) is 9.86. The van der Waals surface area contributed by atoms with Gasteiger partial charge in [0.15, 0.2) is 0 Å². The van der Waals surface area contributed by atoms with Crippen LogP contribution in [0.4, 0.5) is 21.5 Å². The number of sulfonamides is 1. The number of benzene rings is 2. The van der Waals surface area contributed by atoms with Gasteiger partial charge in [-0.2, -0.15) is 0 Å². The van der Waals surface area contributed by atoms with Crippen LogP contribution in [0, 0.1) is 5.82 Å². The molecule has 0 radical (unpaired) electrons. The molecule has 110 valence electrons. The standard InChI is InChI=1S/C14H14FN3O2S/c15-10-2-1-9-5-6-18(13(9)7-10)14-8-11(21(17,19)20)3-4-12(14)16/h1-4,7-8H,5-6,16H2,(H2,17,19,20). The second-order valence-corrected chi connectivity index (χ2v) is 6.50. The lowest BCUT2D eigenvalue weighted by molar-refractivity contribution is 0.598. The Morgan fingerprint density at radius 2 is 1.86 bits per heavy atom. The molecule has 0 spiro atoms. The van der Waals surface area contributed by atoms with Crippen LogP contribution >= 0.6 is 0 Å². The summed E-state index contributed by atoms with van der Waals surface area (Å²) in [5.41, 5.74) is 8.57. The summed E-state index contributed by atoms with van der Waals surface area (Å²) in [4.78, 5) is 1.79. The van der Waals surface area contributed by atoms with E-state index in [0.29, 0.717) is 23.6 Å². The number of halogens is 1. The highest BCUT2D eigenvalue weighted by Gasteiger charge is 2.23. The first kappa shape index (κ1) is 13.8. The summed E-state index contributed by atoms with van der Waals surface area (Å²) < 4.78 is 36.4. The molecule has 1 aliphatic heterocycles. The van der Waals surface area contributed by atoms with Crippen LogP contribution in [0.25, 0.3) is 0 Å². The molecular formula is C14H14FN3O2S. The Balaban J connectivity index is 2.13. The second-order valence-electron chi connectivity index (χ2n) is 4.94. The fraction of sp³-hybridized carbons (Fsp3) is 0.143. The molecule has 4 N–H and O–H groups in total. The smallest absolute Gasteiger partial charge is 0.238 e. The molecule has 0 saturated heterocycles. The Kier molecular flexibility index (Phi) is 3.11. The van der Waals surface area contributed by atoms with Gasteiger partial charge in [0.2, 0.25) is 10.0 Å². The summed E-state index contributed by atoms with van der Waals surface area (Å²) in [6, 6.07) is 8.83. The van der Waals surface area contributed by atoms with Gasteiger partial charge in [-0.3, -0.25) is 0 Å². The summed E-state index contributed by atoms with van der Waals surface area (Å²) >= 11 is 0. The third-order valence-corrected chi connectivity index (χ3v) is 4.48. The van der Waals surface area contributed by atoms with Crippen molar-refractivity contribution in [2.24, 2.45) is 5.14 Å². The summed E-state index contributed by atoms with van der Waals surface area (Å²) in [6.07, 6.45) is 0.745. The molecule has 0 saturated carbocycles. The van der Waals surface area contributed by atoms with Gasteiger partial charge < -0.3 is 10.6 Å². The Morgan fingerprint density at radius 3 is 2.57 bits per heavy atom. The lowest BCUT2D eigenvalue weighted by Gasteiger charge is -2.22. The van der Waals surface area contributed by atoms with Crippen molar-refractivity contribution < 1.29 is 12.8 Å².